The van der Waals surface area contributed by atoms with E-state index in [-0.39, 0.29) is 11.3 Å². The lowest BCUT2D eigenvalue weighted by molar-refractivity contribution is -0.133. The number of ketones is 1. The van der Waals surface area contributed by atoms with Crippen LogP contribution in [0.3, 0.4) is 0 Å². The van der Waals surface area contributed by atoms with Gasteiger partial charge in [0.1, 0.15) is 5.78 Å². The molecule has 0 N–H and O–H groups in total. The van der Waals surface area contributed by atoms with E-state index < -0.39 is 0 Å². The van der Waals surface area contributed by atoms with E-state index >= 15 is 0 Å². The smallest absolute Gasteiger partial charge is 0.149 e. The number of rotatable bonds is 7. The first-order chi connectivity index (χ1) is 8.81. The van der Waals surface area contributed by atoms with E-state index in [9.17, 15) is 4.79 Å². The van der Waals surface area contributed by atoms with Gasteiger partial charge in [-0.1, -0.05) is 39.9 Å². The lowest BCUT2D eigenvalue weighted by Gasteiger charge is -2.34. The van der Waals surface area contributed by atoms with Crippen LogP contribution >= 0.6 is 12.2 Å². The molecule has 0 saturated carbocycles. The Morgan fingerprint density at radius 1 is 1.26 bits per heavy atom. The van der Waals surface area contributed by atoms with E-state index in [2.05, 4.69) is 27.7 Å². The lowest BCUT2D eigenvalue weighted by Crippen LogP contribution is -2.42. The summed E-state index contributed by atoms with van der Waals surface area (Å²) >= 11 is 5.36. The van der Waals surface area contributed by atoms with Gasteiger partial charge in [-0.25, -0.2) is 0 Å². The van der Waals surface area contributed by atoms with Crippen LogP contribution in [0.5, 0.6) is 0 Å². The molecule has 0 aromatic heterocycles. The highest BCUT2D eigenvalue weighted by Crippen LogP contribution is 2.40. The highest BCUT2D eigenvalue weighted by atomic mass is 32.1. The Morgan fingerprint density at radius 3 is 2.26 bits per heavy atom. The molecule has 3 heteroatoms. The van der Waals surface area contributed by atoms with Gasteiger partial charge in [0.05, 0.1) is 12.0 Å². The SMILES string of the molecule is CC(=S)C(CCC(C)C)C(=O)C1(C(C)C)CCOC1. The molecular formula is C16H28O2S. The fourth-order valence-corrected chi connectivity index (χ4v) is 3.11. The van der Waals surface area contributed by atoms with Crippen LogP contribution in [0.2, 0.25) is 0 Å². The van der Waals surface area contributed by atoms with Crippen molar-refractivity contribution in [3.05, 3.63) is 0 Å². The largest absolute Gasteiger partial charge is 0.380 e. The molecule has 1 aliphatic rings. The molecule has 1 rings (SSSR count). The Balaban J connectivity index is 2.88. The molecule has 0 aromatic rings. The van der Waals surface area contributed by atoms with Crippen molar-refractivity contribution in [1.82, 2.24) is 0 Å². The molecule has 0 amide bonds. The first kappa shape index (κ1) is 16.8. The molecule has 1 heterocycles. The molecular weight excluding hydrogens is 256 g/mol. The highest BCUT2D eigenvalue weighted by molar-refractivity contribution is 7.80. The van der Waals surface area contributed by atoms with Crippen molar-refractivity contribution in [3.8, 4) is 0 Å². The molecule has 110 valence electrons. The minimum Gasteiger partial charge on any atom is -0.380 e. The van der Waals surface area contributed by atoms with Crippen molar-refractivity contribution >= 4 is 22.9 Å². The monoisotopic (exact) mass is 284 g/mol. The van der Waals surface area contributed by atoms with Crippen molar-refractivity contribution in [3.63, 3.8) is 0 Å². The molecule has 1 saturated heterocycles. The fourth-order valence-electron chi connectivity index (χ4n) is 2.88. The molecule has 0 spiro atoms. The van der Waals surface area contributed by atoms with Crippen molar-refractivity contribution in [2.24, 2.45) is 23.2 Å². The summed E-state index contributed by atoms with van der Waals surface area (Å²) in [6, 6.07) is 0. The topological polar surface area (TPSA) is 26.3 Å². The Kier molecular flexibility index (Phi) is 6.13. The number of hydrogen-bond donors (Lipinski definition) is 0. The van der Waals surface area contributed by atoms with Crippen LogP contribution in [-0.2, 0) is 9.53 Å². The second kappa shape index (κ2) is 6.94. The van der Waals surface area contributed by atoms with Crippen LogP contribution in [0.1, 0.15) is 53.9 Å². The van der Waals surface area contributed by atoms with E-state index in [0.717, 1.165) is 24.1 Å². The van der Waals surface area contributed by atoms with Gasteiger partial charge in [0.15, 0.2) is 0 Å². The molecule has 0 aliphatic carbocycles. The maximum atomic E-state index is 13.0. The summed E-state index contributed by atoms with van der Waals surface area (Å²) in [5.74, 6) is 1.19. The third kappa shape index (κ3) is 3.85. The average molecular weight is 284 g/mol. The molecule has 2 unspecified atom stereocenters. The zero-order valence-electron chi connectivity index (χ0n) is 13.0. The van der Waals surface area contributed by atoms with Gasteiger partial charge in [0.2, 0.25) is 0 Å². The van der Waals surface area contributed by atoms with Gasteiger partial charge in [-0.05, 0) is 38.0 Å². The Bertz CT molecular complexity index is 328. The number of carbonyl (C=O) groups is 1. The second-order valence-electron chi connectivity index (χ2n) is 6.61. The molecule has 1 fully saturated rings. The van der Waals surface area contributed by atoms with Gasteiger partial charge in [0.25, 0.3) is 0 Å². The molecule has 2 atom stereocenters. The summed E-state index contributed by atoms with van der Waals surface area (Å²) in [6.45, 7) is 11.8. The zero-order valence-corrected chi connectivity index (χ0v) is 13.8. The van der Waals surface area contributed by atoms with Crippen LogP contribution in [0.4, 0.5) is 0 Å². The summed E-state index contributed by atoms with van der Waals surface area (Å²) < 4.78 is 5.53. The molecule has 19 heavy (non-hydrogen) atoms. The van der Waals surface area contributed by atoms with Crippen molar-refractivity contribution in [1.29, 1.82) is 0 Å². The van der Waals surface area contributed by atoms with Crippen LogP contribution in [-0.4, -0.2) is 23.9 Å². The number of carbonyl (C=O) groups excluding carboxylic acids is 1. The second-order valence-corrected chi connectivity index (χ2v) is 7.26. The Labute approximate surface area is 123 Å². The van der Waals surface area contributed by atoms with E-state index in [1.54, 1.807) is 0 Å². The van der Waals surface area contributed by atoms with Gasteiger partial charge < -0.3 is 4.74 Å². The van der Waals surface area contributed by atoms with E-state index in [4.69, 9.17) is 17.0 Å². The summed E-state index contributed by atoms with van der Waals surface area (Å²) in [5.41, 5.74) is -0.304. The van der Waals surface area contributed by atoms with Crippen molar-refractivity contribution in [2.75, 3.05) is 13.2 Å². The summed E-state index contributed by atoms with van der Waals surface area (Å²) in [4.78, 5) is 13.8. The fraction of sp³-hybridized carbons (Fsp3) is 0.875. The molecule has 0 aromatic carbocycles. The van der Waals surface area contributed by atoms with Gasteiger partial charge in [-0.15, -0.1) is 0 Å². The number of thiocarbonyl (C=S) groups is 1. The van der Waals surface area contributed by atoms with Gasteiger partial charge in [-0.3, -0.25) is 4.79 Å². The number of hydrogen-bond acceptors (Lipinski definition) is 3. The maximum Gasteiger partial charge on any atom is 0.149 e. The highest BCUT2D eigenvalue weighted by Gasteiger charge is 2.47. The van der Waals surface area contributed by atoms with Crippen molar-refractivity contribution < 1.29 is 9.53 Å². The standard InChI is InChI=1S/C16H28O2S/c1-11(2)6-7-14(13(5)19)15(17)16(12(3)4)8-9-18-10-16/h11-12,14H,6-10H2,1-5H3. The maximum absolute atomic E-state index is 13.0. The molecule has 2 nitrogen and oxygen atoms in total. The van der Waals surface area contributed by atoms with Crippen LogP contribution in [0.15, 0.2) is 0 Å². The van der Waals surface area contributed by atoms with Crippen LogP contribution in [0, 0.1) is 23.2 Å². The van der Waals surface area contributed by atoms with Gasteiger partial charge in [-0.2, -0.15) is 0 Å². The quantitative estimate of drug-likeness (QED) is 0.659. The molecule has 0 radical (unpaired) electrons. The third-order valence-corrected chi connectivity index (χ3v) is 4.77. The average Bonchev–Trinajstić information content (AvgIpc) is 2.78. The third-order valence-electron chi connectivity index (χ3n) is 4.49. The minimum absolute atomic E-state index is 0.0681. The van der Waals surface area contributed by atoms with E-state index in [1.165, 1.54) is 0 Å². The minimum atomic E-state index is -0.304. The Morgan fingerprint density at radius 2 is 1.89 bits per heavy atom. The summed E-state index contributed by atoms with van der Waals surface area (Å²) in [7, 11) is 0. The number of ether oxygens (including phenoxy) is 1. The normalized spacial score (nSPS) is 25.0. The summed E-state index contributed by atoms with van der Waals surface area (Å²) in [6.07, 6.45) is 2.80. The summed E-state index contributed by atoms with van der Waals surface area (Å²) in [5, 5.41) is 0. The van der Waals surface area contributed by atoms with E-state index in [1.807, 2.05) is 6.92 Å². The predicted molar refractivity (Wildman–Crippen MR) is 83.5 cm³/mol. The first-order valence-electron chi connectivity index (χ1n) is 7.43. The van der Waals surface area contributed by atoms with Gasteiger partial charge in [0, 0.05) is 17.4 Å². The zero-order chi connectivity index (χ0) is 14.6. The van der Waals surface area contributed by atoms with Crippen LogP contribution < -0.4 is 0 Å². The number of Topliss-reactive ketones (excluding diaryl/α,β-unsaturated/α-hetero) is 1. The predicted octanol–water partition coefficient (Wildman–Crippen LogP) is 4.06. The van der Waals surface area contributed by atoms with Gasteiger partial charge >= 0.3 is 0 Å². The Hall–Kier alpha value is -0.280. The molecule has 1 aliphatic heterocycles. The lowest BCUT2D eigenvalue weighted by atomic mass is 9.68. The van der Waals surface area contributed by atoms with Crippen molar-refractivity contribution in [2.45, 2.75) is 53.9 Å². The van der Waals surface area contributed by atoms with E-state index in [0.29, 0.717) is 30.8 Å². The van der Waals surface area contributed by atoms with Crippen LogP contribution in [0.25, 0.3) is 0 Å². The molecule has 0 bridgehead atoms. The first-order valence-corrected chi connectivity index (χ1v) is 7.84.